The Balaban J connectivity index is 1.45. The molecule has 29 heavy (non-hydrogen) atoms. The van der Waals surface area contributed by atoms with Crippen molar-refractivity contribution in [2.75, 3.05) is 13.1 Å². The van der Waals surface area contributed by atoms with Gasteiger partial charge in [-0.25, -0.2) is 0 Å². The van der Waals surface area contributed by atoms with E-state index in [1.807, 2.05) is 30.3 Å². The third-order valence-electron chi connectivity index (χ3n) is 6.07. The number of hydrogen-bond donors (Lipinski definition) is 1. The zero-order chi connectivity index (χ0) is 20.0. The summed E-state index contributed by atoms with van der Waals surface area (Å²) in [5.74, 6) is 0.811. The number of aromatic nitrogens is 4. The maximum atomic E-state index is 12.9. The third-order valence-corrected chi connectivity index (χ3v) is 6.07. The van der Waals surface area contributed by atoms with Crippen LogP contribution in [0.25, 0.3) is 11.4 Å². The Hall–Kier alpha value is -3.56. The van der Waals surface area contributed by atoms with E-state index in [1.165, 1.54) is 0 Å². The second-order valence-electron chi connectivity index (χ2n) is 7.61. The average Bonchev–Trinajstić information content (AvgIpc) is 3.50. The van der Waals surface area contributed by atoms with Crippen molar-refractivity contribution in [3.8, 4) is 11.4 Å². The van der Waals surface area contributed by atoms with E-state index in [0.717, 1.165) is 31.0 Å². The highest BCUT2D eigenvalue weighted by atomic mass is 16.6. The maximum Gasteiger partial charge on any atom is 0.319 e. The predicted octanol–water partition coefficient (Wildman–Crippen LogP) is 2.56. The molecule has 1 aromatic carbocycles. The first-order valence-corrected chi connectivity index (χ1v) is 9.45. The maximum absolute atomic E-state index is 12.9. The van der Waals surface area contributed by atoms with Crippen LogP contribution in [-0.4, -0.2) is 49.2 Å². The van der Waals surface area contributed by atoms with Gasteiger partial charge in [0.25, 0.3) is 5.91 Å². The van der Waals surface area contributed by atoms with Crippen molar-refractivity contribution in [2.24, 2.45) is 5.92 Å². The van der Waals surface area contributed by atoms with Gasteiger partial charge in [-0.05, 0) is 18.8 Å². The van der Waals surface area contributed by atoms with Crippen molar-refractivity contribution in [3.05, 3.63) is 58.2 Å². The zero-order valence-electron chi connectivity index (χ0n) is 15.4. The summed E-state index contributed by atoms with van der Waals surface area (Å²) in [7, 11) is 0. The Labute approximate surface area is 165 Å². The lowest BCUT2D eigenvalue weighted by Crippen LogP contribution is -2.35. The third kappa shape index (κ3) is 2.71. The quantitative estimate of drug-likeness (QED) is 0.531. The molecule has 1 amide bonds. The Kier molecular flexibility index (Phi) is 3.93. The number of fused-ring (bicyclic) bond motifs is 1. The van der Waals surface area contributed by atoms with E-state index in [1.54, 1.807) is 4.90 Å². The first kappa shape index (κ1) is 17.5. The van der Waals surface area contributed by atoms with Crippen LogP contribution in [0.2, 0.25) is 0 Å². The molecule has 1 aliphatic carbocycles. The van der Waals surface area contributed by atoms with Gasteiger partial charge in [0.2, 0.25) is 17.4 Å². The van der Waals surface area contributed by atoms with Gasteiger partial charge in [0, 0.05) is 18.7 Å². The van der Waals surface area contributed by atoms with Crippen molar-refractivity contribution >= 4 is 11.6 Å². The first-order valence-electron chi connectivity index (χ1n) is 9.45. The van der Waals surface area contributed by atoms with Crippen LogP contribution >= 0.6 is 0 Å². The number of nitro groups is 1. The van der Waals surface area contributed by atoms with E-state index in [2.05, 4.69) is 20.3 Å². The molecule has 5 rings (SSSR count). The molecule has 1 saturated heterocycles. The van der Waals surface area contributed by atoms with E-state index >= 15 is 0 Å². The molecule has 1 saturated carbocycles. The fraction of sp³-hybridized carbons (Fsp3) is 0.368. The number of H-pyrrole nitrogens is 1. The molecule has 0 unspecified atom stereocenters. The van der Waals surface area contributed by atoms with Crippen molar-refractivity contribution in [1.29, 1.82) is 0 Å². The van der Waals surface area contributed by atoms with Crippen LogP contribution in [-0.2, 0) is 5.41 Å². The number of aromatic amines is 1. The number of carbonyl (C=O) groups excluding carboxylic acids is 1. The Morgan fingerprint density at radius 1 is 1.34 bits per heavy atom. The van der Waals surface area contributed by atoms with Crippen LogP contribution in [0.3, 0.4) is 0 Å². The van der Waals surface area contributed by atoms with Gasteiger partial charge >= 0.3 is 5.69 Å². The molecule has 0 bridgehead atoms. The summed E-state index contributed by atoms with van der Waals surface area (Å²) in [4.78, 5) is 29.8. The summed E-state index contributed by atoms with van der Waals surface area (Å²) in [5, 5.41) is 21.4. The lowest BCUT2D eigenvalue weighted by Gasteiger charge is -2.23. The highest BCUT2D eigenvalue weighted by Gasteiger charge is 2.55. The molecule has 3 heterocycles. The summed E-state index contributed by atoms with van der Waals surface area (Å²) in [6.07, 6.45) is 3.85. The van der Waals surface area contributed by atoms with Gasteiger partial charge in [-0.15, -0.1) is 0 Å². The predicted molar refractivity (Wildman–Crippen MR) is 99.9 cm³/mol. The summed E-state index contributed by atoms with van der Waals surface area (Å²) in [5.41, 5.74) is 0.0446. The topological polar surface area (TPSA) is 131 Å². The van der Waals surface area contributed by atoms with Gasteiger partial charge in [-0.1, -0.05) is 41.9 Å². The monoisotopic (exact) mass is 394 g/mol. The molecule has 3 aromatic rings. The van der Waals surface area contributed by atoms with E-state index in [0.29, 0.717) is 24.8 Å². The average molecular weight is 394 g/mol. The molecule has 2 atom stereocenters. The van der Waals surface area contributed by atoms with E-state index in [4.69, 9.17) is 4.52 Å². The Bertz CT molecular complexity index is 1080. The summed E-state index contributed by atoms with van der Waals surface area (Å²) < 4.78 is 5.66. The minimum atomic E-state index is -0.604. The fourth-order valence-corrected chi connectivity index (χ4v) is 4.66. The summed E-state index contributed by atoms with van der Waals surface area (Å²) in [6.45, 7) is 0.890. The lowest BCUT2D eigenvalue weighted by molar-refractivity contribution is -0.385. The van der Waals surface area contributed by atoms with Crippen LogP contribution in [0.5, 0.6) is 0 Å². The minimum Gasteiger partial charge on any atom is -0.338 e. The molecule has 10 nitrogen and oxygen atoms in total. The molecule has 2 aromatic heterocycles. The van der Waals surface area contributed by atoms with Crippen molar-refractivity contribution in [1.82, 2.24) is 25.2 Å². The van der Waals surface area contributed by atoms with Crippen molar-refractivity contribution in [3.63, 3.8) is 0 Å². The van der Waals surface area contributed by atoms with E-state index in [9.17, 15) is 14.9 Å². The van der Waals surface area contributed by atoms with Gasteiger partial charge < -0.3 is 9.42 Å². The van der Waals surface area contributed by atoms with Crippen LogP contribution < -0.4 is 0 Å². The number of carbonyl (C=O) groups is 1. The summed E-state index contributed by atoms with van der Waals surface area (Å²) in [6, 6.07) is 9.58. The number of rotatable bonds is 4. The molecule has 0 radical (unpaired) electrons. The van der Waals surface area contributed by atoms with Crippen LogP contribution in [0.1, 0.15) is 35.6 Å². The van der Waals surface area contributed by atoms with Crippen molar-refractivity contribution < 1.29 is 14.2 Å². The molecule has 1 N–H and O–H groups in total. The number of hydrogen-bond acceptors (Lipinski definition) is 7. The zero-order valence-corrected chi connectivity index (χ0v) is 15.4. The largest absolute Gasteiger partial charge is 0.338 e. The van der Waals surface area contributed by atoms with Gasteiger partial charge in [-0.3, -0.25) is 20.0 Å². The molecule has 0 spiro atoms. The van der Waals surface area contributed by atoms with Gasteiger partial charge in [0.1, 0.15) is 6.20 Å². The fourth-order valence-electron chi connectivity index (χ4n) is 4.66. The first-order chi connectivity index (χ1) is 14.1. The second kappa shape index (κ2) is 6.50. The highest BCUT2D eigenvalue weighted by molar-refractivity contribution is 5.96. The molecule has 148 valence electrons. The lowest BCUT2D eigenvalue weighted by atomic mass is 9.80. The number of nitrogens with zero attached hydrogens (tertiary/aromatic N) is 5. The number of nitrogens with one attached hydrogen (secondary N) is 1. The molecular weight excluding hydrogens is 376 g/mol. The van der Waals surface area contributed by atoms with Crippen LogP contribution in [0.15, 0.2) is 41.1 Å². The van der Waals surface area contributed by atoms with Gasteiger partial charge in [0.05, 0.1) is 10.3 Å². The van der Waals surface area contributed by atoms with Gasteiger partial charge in [-0.2, -0.15) is 10.1 Å². The molecule has 2 fully saturated rings. The summed E-state index contributed by atoms with van der Waals surface area (Å²) >= 11 is 0. The molecular formula is C19H18N6O4. The van der Waals surface area contributed by atoms with E-state index in [-0.39, 0.29) is 17.3 Å². The molecule has 10 heteroatoms. The normalized spacial score (nSPS) is 23.3. The molecule has 1 aliphatic heterocycles. The van der Waals surface area contributed by atoms with E-state index < -0.39 is 16.2 Å². The van der Waals surface area contributed by atoms with Crippen LogP contribution in [0, 0.1) is 16.0 Å². The Morgan fingerprint density at radius 2 is 2.17 bits per heavy atom. The number of benzene rings is 1. The highest BCUT2D eigenvalue weighted by Crippen LogP contribution is 2.50. The minimum absolute atomic E-state index is 0.0966. The Morgan fingerprint density at radius 3 is 2.97 bits per heavy atom. The molecule has 2 aliphatic rings. The SMILES string of the molecule is O=C(c1[nH]ncc1[N+](=O)[O-])N1C[C@H]2CCC[C@@]2(c2nc(-c3ccccc3)no2)C1. The smallest absolute Gasteiger partial charge is 0.319 e. The second-order valence-corrected chi connectivity index (χ2v) is 7.61. The van der Waals surface area contributed by atoms with Crippen molar-refractivity contribution in [2.45, 2.75) is 24.7 Å². The standard InChI is InChI=1S/C19H18N6O4/c26-17(15-14(25(27)28)9-20-22-15)24-10-13-7-4-8-19(13,11-24)18-21-16(23-29-18)12-5-2-1-3-6-12/h1-3,5-6,9,13H,4,7-8,10-11H2,(H,20,22)/t13-,19-/m1/s1. The van der Waals surface area contributed by atoms with Crippen LogP contribution in [0.4, 0.5) is 5.69 Å². The number of amides is 1. The van der Waals surface area contributed by atoms with Gasteiger partial charge in [0.15, 0.2) is 0 Å². The number of likely N-dealkylation sites (tertiary alicyclic amines) is 1.